The Morgan fingerprint density at radius 1 is 1.43 bits per heavy atom. The SMILES string of the molecule is CC(c1cc(Cl)ccc1Cl)n1nccc1NC(=O)CCS. The van der Waals surface area contributed by atoms with Crippen molar-refractivity contribution in [3.05, 3.63) is 46.1 Å². The lowest BCUT2D eigenvalue weighted by Crippen LogP contribution is -2.18. The molecule has 1 aromatic carbocycles. The number of benzene rings is 1. The number of hydrogen-bond donors (Lipinski definition) is 2. The summed E-state index contributed by atoms with van der Waals surface area (Å²) in [6.07, 6.45) is 1.98. The summed E-state index contributed by atoms with van der Waals surface area (Å²) in [6, 6.07) is 6.87. The first kappa shape index (κ1) is 16.2. The standard InChI is InChI=1S/C14H15Cl2N3OS/c1-9(11-8-10(15)2-3-12(11)16)19-13(4-6-17-19)18-14(20)5-7-21/h2-4,6,8-9,21H,5,7H2,1H3,(H,18,20). The largest absolute Gasteiger partial charge is 0.311 e. The van der Waals surface area contributed by atoms with Crippen LogP contribution in [0.1, 0.15) is 24.9 Å². The lowest BCUT2D eigenvalue weighted by molar-refractivity contribution is -0.115. The molecule has 0 bridgehead atoms. The molecule has 0 saturated heterocycles. The normalized spacial score (nSPS) is 12.2. The van der Waals surface area contributed by atoms with Crippen molar-refractivity contribution in [2.45, 2.75) is 19.4 Å². The van der Waals surface area contributed by atoms with E-state index < -0.39 is 0 Å². The first-order chi connectivity index (χ1) is 10.0. The highest BCUT2D eigenvalue weighted by atomic mass is 35.5. The molecular weight excluding hydrogens is 329 g/mol. The van der Waals surface area contributed by atoms with Gasteiger partial charge in [-0.1, -0.05) is 23.2 Å². The molecule has 1 aromatic heterocycles. The number of thiol groups is 1. The molecule has 21 heavy (non-hydrogen) atoms. The lowest BCUT2D eigenvalue weighted by atomic mass is 10.1. The number of aromatic nitrogens is 2. The minimum absolute atomic E-state index is 0.101. The quantitative estimate of drug-likeness (QED) is 0.804. The summed E-state index contributed by atoms with van der Waals surface area (Å²) in [5.41, 5.74) is 0.845. The molecule has 0 aliphatic rings. The second-order valence-corrected chi connectivity index (χ2v) is 5.82. The summed E-state index contributed by atoms with van der Waals surface area (Å²) in [5.74, 6) is 1.01. The van der Waals surface area contributed by atoms with Crippen molar-refractivity contribution in [2.75, 3.05) is 11.1 Å². The van der Waals surface area contributed by atoms with Crippen molar-refractivity contribution in [3.8, 4) is 0 Å². The van der Waals surface area contributed by atoms with Gasteiger partial charge in [-0.2, -0.15) is 17.7 Å². The number of nitrogens with zero attached hydrogens (tertiary/aromatic N) is 2. The number of hydrogen-bond acceptors (Lipinski definition) is 3. The van der Waals surface area contributed by atoms with Gasteiger partial charge in [-0.05, 0) is 36.4 Å². The molecule has 0 spiro atoms. The van der Waals surface area contributed by atoms with Gasteiger partial charge in [0.05, 0.1) is 12.2 Å². The van der Waals surface area contributed by atoms with Gasteiger partial charge in [0.1, 0.15) is 5.82 Å². The van der Waals surface area contributed by atoms with Gasteiger partial charge in [0.2, 0.25) is 5.91 Å². The molecule has 0 radical (unpaired) electrons. The van der Waals surface area contributed by atoms with Gasteiger partial charge in [-0.3, -0.25) is 4.79 Å². The van der Waals surface area contributed by atoms with Crippen molar-refractivity contribution >= 4 is 47.6 Å². The molecule has 0 fully saturated rings. The van der Waals surface area contributed by atoms with Crippen LogP contribution in [-0.4, -0.2) is 21.4 Å². The summed E-state index contributed by atoms with van der Waals surface area (Å²) in [5, 5.41) is 8.28. The van der Waals surface area contributed by atoms with Crippen molar-refractivity contribution in [3.63, 3.8) is 0 Å². The maximum absolute atomic E-state index is 11.7. The molecule has 0 aliphatic heterocycles. The van der Waals surface area contributed by atoms with Crippen LogP contribution >= 0.6 is 35.8 Å². The van der Waals surface area contributed by atoms with E-state index in [0.29, 0.717) is 28.0 Å². The topological polar surface area (TPSA) is 46.9 Å². The van der Waals surface area contributed by atoms with Crippen LogP contribution in [0.15, 0.2) is 30.5 Å². The Hall–Kier alpha value is -1.17. The highest BCUT2D eigenvalue weighted by Gasteiger charge is 2.16. The molecule has 2 rings (SSSR count). The van der Waals surface area contributed by atoms with E-state index in [9.17, 15) is 4.79 Å². The Morgan fingerprint density at radius 3 is 2.90 bits per heavy atom. The second-order valence-electron chi connectivity index (χ2n) is 4.52. The van der Waals surface area contributed by atoms with Gasteiger partial charge in [-0.15, -0.1) is 0 Å². The van der Waals surface area contributed by atoms with Gasteiger partial charge in [0, 0.05) is 22.5 Å². The van der Waals surface area contributed by atoms with Crippen LogP contribution in [0.25, 0.3) is 0 Å². The van der Waals surface area contributed by atoms with Crippen molar-refractivity contribution in [1.29, 1.82) is 0 Å². The predicted molar refractivity (Wildman–Crippen MR) is 89.6 cm³/mol. The second kappa shape index (κ2) is 7.20. The van der Waals surface area contributed by atoms with Crippen molar-refractivity contribution in [1.82, 2.24) is 9.78 Å². The Bertz CT molecular complexity index is 645. The number of carbonyl (C=O) groups excluding carboxylic acids is 1. The highest BCUT2D eigenvalue weighted by Crippen LogP contribution is 2.30. The minimum atomic E-state index is -0.155. The minimum Gasteiger partial charge on any atom is -0.311 e. The summed E-state index contributed by atoms with van der Waals surface area (Å²) in [4.78, 5) is 11.7. The van der Waals surface area contributed by atoms with E-state index >= 15 is 0 Å². The summed E-state index contributed by atoms with van der Waals surface area (Å²) < 4.78 is 1.70. The third kappa shape index (κ3) is 3.93. The van der Waals surface area contributed by atoms with E-state index in [-0.39, 0.29) is 11.9 Å². The molecule has 4 nitrogen and oxygen atoms in total. The molecule has 112 valence electrons. The average molecular weight is 344 g/mol. The fraction of sp³-hybridized carbons (Fsp3) is 0.286. The van der Waals surface area contributed by atoms with Gasteiger partial charge >= 0.3 is 0 Å². The summed E-state index contributed by atoms with van der Waals surface area (Å²) >= 11 is 16.3. The molecule has 1 heterocycles. The van der Waals surface area contributed by atoms with E-state index in [1.807, 2.05) is 6.92 Å². The van der Waals surface area contributed by atoms with Gasteiger partial charge in [0.25, 0.3) is 0 Å². The molecule has 1 amide bonds. The fourth-order valence-corrected chi connectivity index (χ4v) is 2.65. The highest BCUT2D eigenvalue weighted by molar-refractivity contribution is 7.80. The van der Waals surface area contributed by atoms with Crippen molar-refractivity contribution < 1.29 is 4.79 Å². The number of anilines is 1. The van der Waals surface area contributed by atoms with Crippen LogP contribution in [0.3, 0.4) is 0 Å². The summed E-state index contributed by atoms with van der Waals surface area (Å²) in [7, 11) is 0. The van der Waals surface area contributed by atoms with Crippen LogP contribution in [0, 0.1) is 0 Å². The van der Waals surface area contributed by atoms with E-state index in [4.69, 9.17) is 23.2 Å². The third-order valence-corrected chi connectivity index (χ3v) is 3.85. The molecule has 0 saturated carbocycles. The number of carbonyl (C=O) groups is 1. The van der Waals surface area contributed by atoms with E-state index in [0.717, 1.165) is 5.56 Å². The zero-order chi connectivity index (χ0) is 15.4. The molecule has 7 heteroatoms. The van der Waals surface area contributed by atoms with E-state index in [1.165, 1.54) is 0 Å². The number of nitrogens with one attached hydrogen (secondary N) is 1. The molecule has 2 aromatic rings. The molecular formula is C14H15Cl2N3OS. The first-order valence-corrected chi connectivity index (χ1v) is 7.81. The number of halogens is 2. The molecule has 0 aliphatic carbocycles. The van der Waals surface area contributed by atoms with Crippen LogP contribution in [0.5, 0.6) is 0 Å². The molecule has 1 N–H and O–H groups in total. The zero-order valence-corrected chi connectivity index (χ0v) is 13.8. The van der Waals surface area contributed by atoms with E-state index in [2.05, 4.69) is 23.0 Å². The van der Waals surface area contributed by atoms with Gasteiger partial charge < -0.3 is 5.32 Å². The third-order valence-electron chi connectivity index (χ3n) is 3.05. The van der Waals surface area contributed by atoms with Crippen molar-refractivity contribution in [2.24, 2.45) is 0 Å². The molecule has 1 atom stereocenters. The maximum atomic E-state index is 11.7. The number of rotatable bonds is 5. The first-order valence-electron chi connectivity index (χ1n) is 6.42. The smallest absolute Gasteiger partial charge is 0.226 e. The van der Waals surface area contributed by atoms with Crippen LogP contribution in [-0.2, 0) is 4.79 Å². The van der Waals surface area contributed by atoms with E-state index in [1.54, 1.807) is 35.1 Å². The zero-order valence-electron chi connectivity index (χ0n) is 11.4. The van der Waals surface area contributed by atoms with Crippen LogP contribution in [0.2, 0.25) is 10.0 Å². The average Bonchev–Trinajstić information content (AvgIpc) is 2.89. The predicted octanol–water partition coefficient (Wildman–Crippen LogP) is 4.06. The number of amides is 1. The molecule has 1 unspecified atom stereocenters. The van der Waals surface area contributed by atoms with Crippen LogP contribution in [0.4, 0.5) is 5.82 Å². The Kier molecular flexibility index (Phi) is 5.56. The Labute approximate surface area is 138 Å². The lowest BCUT2D eigenvalue weighted by Gasteiger charge is -2.18. The fourth-order valence-electron chi connectivity index (χ4n) is 2.00. The van der Waals surface area contributed by atoms with Gasteiger partial charge in [-0.25, -0.2) is 4.68 Å². The van der Waals surface area contributed by atoms with Gasteiger partial charge in [0.15, 0.2) is 0 Å². The monoisotopic (exact) mass is 343 g/mol. The van der Waals surface area contributed by atoms with Crippen LogP contribution < -0.4 is 5.32 Å². The Balaban J connectivity index is 2.28. The Morgan fingerprint density at radius 2 is 2.19 bits per heavy atom. The maximum Gasteiger partial charge on any atom is 0.226 e. The summed E-state index contributed by atoms with van der Waals surface area (Å²) in [6.45, 7) is 1.94.